The second kappa shape index (κ2) is 13.2. The van der Waals surface area contributed by atoms with Crippen LogP contribution >= 0.6 is 0 Å². The molecule has 2 fully saturated rings. The number of carbonyl (C=O) groups is 6. The first-order valence-corrected chi connectivity index (χ1v) is 12.4. The number of carboxylic acids is 1. The van der Waals surface area contributed by atoms with Crippen molar-refractivity contribution in [1.29, 1.82) is 0 Å². The van der Waals surface area contributed by atoms with Gasteiger partial charge in [0.2, 0.25) is 29.5 Å². The standard InChI is InChI=1S/C23H38N6O7/c1-12(2)18(28-19(31)14-6-4-10-25-14)22(34)29-11-5-7-16(29)21(33)27-15(8-9-17(24)30)20(32)26-13(3)23(35)36/h12-16,18,25H,4-11H2,1-3H3,(H2,24,30)(H,26,32)(H,27,33)(H,28,31)(H,35,36)/t13-,14-,15-,16-,18-/m0/s1. The highest BCUT2D eigenvalue weighted by atomic mass is 16.4. The van der Waals surface area contributed by atoms with Crippen LogP contribution in [0.15, 0.2) is 0 Å². The van der Waals surface area contributed by atoms with Gasteiger partial charge in [-0.2, -0.15) is 0 Å². The zero-order valence-electron chi connectivity index (χ0n) is 21.0. The fraction of sp³-hybridized carbons (Fsp3) is 0.739. The number of carboxylic acid groups (broad SMARTS) is 1. The van der Waals surface area contributed by atoms with Gasteiger partial charge in [-0.15, -0.1) is 0 Å². The molecule has 0 spiro atoms. The van der Waals surface area contributed by atoms with Crippen molar-refractivity contribution in [1.82, 2.24) is 26.2 Å². The van der Waals surface area contributed by atoms with Crippen molar-refractivity contribution in [2.75, 3.05) is 13.1 Å². The van der Waals surface area contributed by atoms with Crippen molar-refractivity contribution in [2.45, 2.75) is 89.5 Å². The van der Waals surface area contributed by atoms with Gasteiger partial charge in [0.15, 0.2) is 0 Å². The van der Waals surface area contributed by atoms with Gasteiger partial charge in [0, 0.05) is 13.0 Å². The lowest BCUT2D eigenvalue weighted by molar-refractivity contribution is -0.144. The van der Waals surface area contributed by atoms with Crippen LogP contribution in [-0.4, -0.2) is 88.8 Å². The first-order chi connectivity index (χ1) is 16.9. The minimum atomic E-state index is -1.26. The Bertz CT molecular complexity index is 858. The summed E-state index contributed by atoms with van der Waals surface area (Å²) in [5, 5.41) is 19.8. The zero-order valence-corrected chi connectivity index (χ0v) is 21.0. The summed E-state index contributed by atoms with van der Waals surface area (Å²) in [6.07, 6.45) is 2.15. The van der Waals surface area contributed by atoms with Crippen molar-refractivity contribution in [2.24, 2.45) is 11.7 Å². The Morgan fingerprint density at radius 2 is 1.69 bits per heavy atom. The molecule has 0 bridgehead atoms. The molecule has 7 N–H and O–H groups in total. The summed E-state index contributed by atoms with van der Waals surface area (Å²) in [6.45, 7) is 5.94. The number of carbonyl (C=O) groups excluding carboxylic acids is 5. The first kappa shape index (κ1) is 29.0. The van der Waals surface area contributed by atoms with Gasteiger partial charge in [-0.25, -0.2) is 0 Å². The summed E-state index contributed by atoms with van der Waals surface area (Å²) in [4.78, 5) is 75.6. The van der Waals surface area contributed by atoms with Crippen LogP contribution in [0.4, 0.5) is 0 Å². The molecule has 2 aliphatic rings. The Labute approximate surface area is 210 Å². The van der Waals surface area contributed by atoms with Crippen LogP contribution in [0.2, 0.25) is 0 Å². The molecule has 0 aromatic rings. The highest BCUT2D eigenvalue weighted by Crippen LogP contribution is 2.21. The molecule has 36 heavy (non-hydrogen) atoms. The highest BCUT2D eigenvalue weighted by molar-refractivity contribution is 5.96. The predicted octanol–water partition coefficient (Wildman–Crippen LogP) is -1.79. The number of likely N-dealkylation sites (tertiary alicyclic amines) is 1. The number of hydrogen-bond donors (Lipinski definition) is 6. The molecule has 13 nitrogen and oxygen atoms in total. The highest BCUT2D eigenvalue weighted by Gasteiger charge is 2.40. The summed E-state index contributed by atoms with van der Waals surface area (Å²) in [5.41, 5.74) is 5.18. The molecule has 0 unspecified atom stereocenters. The Morgan fingerprint density at radius 3 is 2.25 bits per heavy atom. The van der Waals surface area contributed by atoms with Gasteiger partial charge in [0.25, 0.3) is 0 Å². The molecule has 0 radical (unpaired) electrons. The summed E-state index contributed by atoms with van der Waals surface area (Å²) < 4.78 is 0. The minimum absolute atomic E-state index is 0.126. The number of hydrogen-bond acceptors (Lipinski definition) is 7. The van der Waals surface area contributed by atoms with E-state index >= 15 is 0 Å². The molecule has 202 valence electrons. The molecule has 5 atom stereocenters. The molecule has 13 heteroatoms. The lowest BCUT2D eigenvalue weighted by Gasteiger charge is -2.31. The van der Waals surface area contributed by atoms with Crippen LogP contribution in [0.5, 0.6) is 0 Å². The summed E-state index contributed by atoms with van der Waals surface area (Å²) >= 11 is 0. The van der Waals surface area contributed by atoms with Gasteiger partial charge >= 0.3 is 5.97 Å². The topological polar surface area (TPSA) is 200 Å². The van der Waals surface area contributed by atoms with Gasteiger partial charge in [-0.05, 0) is 51.5 Å². The lowest BCUT2D eigenvalue weighted by Crippen LogP contribution is -2.59. The Kier molecular flexibility index (Phi) is 10.6. The van der Waals surface area contributed by atoms with E-state index in [9.17, 15) is 28.8 Å². The minimum Gasteiger partial charge on any atom is -0.480 e. The average Bonchev–Trinajstić information content (AvgIpc) is 3.51. The van der Waals surface area contributed by atoms with Crippen LogP contribution in [-0.2, 0) is 28.8 Å². The molecule has 0 saturated carbocycles. The van der Waals surface area contributed by atoms with E-state index in [1.807, 2.05) is 13.8 Å². The molecule has 2 aliphatic heterocycles. The first-order valence-electron chi connectivity index (χ1n) is 12.4. The maximum absolute atomic E-state index is 13.4. The van der Waals surface area contributed by atoms with Crippen LogP contribution in [0, 0.1) is 5.92 Å². The van der Waals surface area contributed by atoms with Gasteiger partial charge in [-0.1, -0.05) is 13.8 Å². The van der Waals surface area contributed by atoms with Crippen molar-refractivity contribution in [3.05, 3.63) is 0 Å². The number of nitrogens with one attached hydrogen (secondary N) is 4. The van der Waals surface area contributed by atoms with E-state index < -0.39 is 47.9 Å². The van der Waals surface area contributed by atoms with Crippen LogP contribution < -0.4 is 27.0 Å². The number of nitrogens with two attached hydrogens (primary N) is 1. The van der Waals surface area contributed by atoms with Crippen LogP contribution in [0.25, 0.3) is 0 Å². The smallest absolute Gasteiger partial charge is 0.325 e. The molecule has 2 rings (SSSR count). The van der Waals surface area contributed by atoms with Gasteiger partial charge < -0.3 is 37.0 Å². The van der Waals surface area contributed by atoms with Gasteiger partial charge in [0.05, 0.1) is 6.04 Å². The SMILES string of the molecule is CC(C)[C@H](NC(=O)[C@@H]1CCCN1)C(=O)N1CCC[C@H]1C(=O)N[C@@H](CCC(N)=O)C(=O)N[C@@H](C)C(=O)O. The van der Waals surface area contributed by atoms with Crippen molar-refractivity contribution in [3.8, 4) is 0 Å². The van der Waals surface area contributed by atoms with E-state index in [-0.39, 0.29) is 36.6 Å². The molecular formula is C23H38N6O7. The summed E-state index contributed by atoms with van der Waals surface area (Å²) in [5.74, 6) is -4.17. The second-order valence-electron chi connectivity index (χ2n) is 9.70. The molecule has 0 aliphatic carbocycles. The van der Waals surface area contributed by atoms with E-state index in [0.717, 1.165) is 13.0 Å². The Hall–Kier alpha value is -3.22. The number of primary amides is 1. The predicted molar refractivity (Wildman–Crippen MR) is 128 cm³/mol. The third kappa shape index (κ3) is 7.90. The number of nitrogens with zero attached hydrogens (tertiary/aromatic N) is 1. The van der Waals surface area contributed by atoms with E-state index in [1.165, 1.54) is 11.8 Å². The fourth-order valence-corrected chi connectivity index (χ4v) is 4.36. The summed E-state index contributed by atoms with van der Waals surface area (Å²) in [6, 6.07) is -4.47. The molecule has 2 saturated heterocycles. The normalized spacial score (nSPS) is 21.9. The fourth-order valence-electron chi connectivity index (χ4n) is 4.36. The molecule has 0 aromatic heterocycles. The van der Waals surface area contributed by atoms with Crippen LogP contribution in [0.1, 0.15) is 59.3 Å². The maximum Gasteiger partial charge on any atom is 0.325 e. The third-order valence-corrected chi connectivity index (χ3v) is 6.49. The van der Waals surface area contributed by atoms with Crippen molar-refractivity contribution in [3.63, 3.8) is 0 Å². The number of aliphatic carboxylic acids is 1. The van der Waals surface area contributed by atoms with Crippen molar-refractivity contribution < 1.29 is 33.9 Å². The zero-order chi connectivity index (χ0) is 27.0. The van der Waals surface area contributed by atoms with E-state index in [2.05, 4.69) is 21.3 Å². The monoisotopic (exact) mass is 510 g/mol. The van der Waals surface area contributed by atoms with Gasteiger partial charge in [0.1, 0.15) is 24.2 Å². The Balaban J connectivity index is 2.11. The Morgan fingerprint density at radius 1 is 1.00 bits per heavy atom. The molecule has 0 aromatic carbocycles. The van der Waals surface area contributed by atoms with E-state index in [1.54, 1.807) is 0 Å². The van der Waals surface area contributed by atoms with Crippen molar-refractivity contribution >= 4 is 35.5 Å². The largest absolute Gasteiger partial charge is 0.480 e. The molecular weight excluding hydrogens is 472 g/mol. The number of amides is 5. The maximum atomic E-state index is 13.4. The summed E-state index contributed by atoms with van der Waals surface area (Å²) in [7, 11) is 0. The quantitative estimate of drug-likeness (QED) is 0.177. The van der Waals surface area contributed by atoms with E-state index in [4.69, 9.17) is 10.8 Å². The number of rotatable bonds is 12. The van der Waals surface area contributed by atoms with E-state index in [0.29, 0.717) is 25.8 Å². The molecule has 5 amide bonds. The second-order valence-corrected chi connectivity index (χ2v) is 9.70. The average molecular weight is 511 g/mol. The van der Waals surface area contributed by atoms with Gasteiger partial charge in [-0.3, -0.25) is 28.8 Å². The lowest BCUT2D eigenvalue weighted by atomic mass is 10.0. The molecule has 2 heterocycles. The third-order valence-electron chi connectivity index (χ3n) is 6.49. The van der Waals surface area contributed by atoms with Crippen LogP contribution in [0.3, 0.4) is 0 Å².